The fourth-order valence-electron chi connectivity index (χ4n) is 2.02. The number of hydrogen-bond acceptors (Lipinski definition) is 3. The van der Waals surface area contributed by atoms with E-state index in [4.69, 9.17) is 4.74 Å². The lowest BCUT2D eigenvalue weighted by atomic mass is 10.1. The first-order valence-electron chi connectivity index (χ1n) is 7.23. The maximum atomic E-state index is 13.2. The number of hydrogen-bond donors (Lipinski definition) is 1. The Morgan fingerprint density at radius 3 is 2.36 bits per heavy atom. The highest BCUT2D eigenvalue weighted by atomic mass is 79.9. The van der Waals surface area contributed by atoms with Crippen LogP contribution in [0.15, 0.2) is 46.9 Å². The predicted molar refractivity (Wildman–Crippen MR) is 94.0 cm³/mol. The van der Waals surface area contributed by atoms with Crippen LogP contribution in [0, 0.1) is 0 Å². The first-order chi connectivity index (χ1) is 11.7. The second-order valence-corrected chi connectivity index (χ2v) is 6.33. The van der Waals surface area contributed by atoms with Crippen LogP contribution < -0.4 is 15.0 Å². The molecule has 0 heterocycles. The quantitative estimate of drug-likeness (QED) is 0.776. The van der Waals surface area contributed by atoms with Gasteiger partial charge in [-0.25, -0.2) is 0 Å². The maximum absolute atomic E-state index is 13.2. The predicted octanol–water partition coefficient (Wildman–Crippen LogP) is 4.55. The van der Waals surface area contributed by atoms with Crippen LogP contribution in [0.3, 0.4) is 0 Å². The van der Waals surface area contributed by atoms with Gasteiger partial charge in [0.15, 0.2) is 6.61 Å². The zero-order chi connectivity index (χ0) is 18.6. The van der Waals surface area contributed by atoms with E-state index in [1.165, 1.54) is 12.1 Å². The molecule has 0 radical (unpaired) electrons. The number of carbonyl (C=O) groups excluding carboxylic acids is 1. The Morgan fingerprint density at radius 1 is 1.16 bits per heavy atom. The van der Waals surface area contributed by atoms with Gasteiger partial charge in [-0.1, -0.05) is 15.9 Å². The van der Waals surface area contributed by atoms with Crippen molar-refractivity contribution in [2.24, 2.45) is 0 Å². The zero-order valence-electron chi connectivity index (χ0n) is 13.5. The summed E-state index contributed by atoms with van der Waals surface area (Å²) in [5.74, 6) is -0.233. The van der Waals surface area contributed by atoms with Crippen molar-refractivity contribution in [2.45, 2.75) is 6.18 Å². The minimum absolute atomic E-state index is 0.303. The molecule has 0 aliphatic rings. The van der Waals surface area contributed by atoms with E-state index in [9.17, 15) is 18.0 Å². The van der Waals surface area contributed by atoms with Crippen LogP contribution in [-0.2, 0) is 11.0 Å². The van der Waals surface area contributed by atoms with Crippen LogP contribution in [0.1, 0.15) is 5.56 Å². The van der Waals surface area contributed by atoms with Gasteiger partial charge in [0.05, 0.1) is 11.3 Å². The summed E-state index contributed by atoms with van der Waals surface area (Å²) >= 11 is 3.27. The van der Waals surface area contributed by atoms with Crippen molar-refractivity contribution < 1.29 is 22.7 Å². The molecule has 0 saturated heterocycles. The van der Waals surface area contributed by atoms with Gasteiger partial charge in [0.25, 0.3) is 5.91 Å². The summed E-state index contributed by atoms with van der Waals surface area (Å²) in [5, 5.41) is 2.25. The summed E-state index contributed by atoms with van der Waals surface area (Å²) in [5.41, 5.74) is -0.824. The summed E-state index contributed by atoms with van der Waals surface area (Å²) in [6.07, 6.45) is -4.58. The van der Waals surface area contributed by atoms with E-state index in [2.05, 4.69) is 21.2 Å². The third-order valence-electron chi connectivity index (χ3n) is 3.28. The van der Waals surface area contributed by atoms with Crippen LogP contribution in [0.4, 0.5) is 24.5 Å². The molecular weight excluding hydrogens is 401 g/mol. The van der Waals surface area contributed by atoms with Gasteiger partial charge in [-0.2, -0.15) is 13.2 Å². The number of nitrogens with one attached hydrogen (secondary N) is 1. The molecule has 2 rings (SSSR count). The van der Waals surface area contributed by atoms with E-state index in [0.717, 1.165) is 10.5 Å². The lowest BCUT2D eigenvalue weighted by Crippen LogP contribution is -2.22. The Balaban J connectivity index is 2.10. The van der Waals surface area contributed by atoms with Gasteiger partial charge < -0.3 is 15.0 Å². The van der Waals surface area contributed by atoms with Crippen LogP contribution in [0.2, 0.25) is 0 Å². The van der Waals surface area contributed by atoms with Crippen molar-refractivity contribution in [2.75, 3.05) is 30.9 Å². The van der Waals surface area contributed by atoms with E-state index < -0.39 is 24.3 Å². The molecule has 0 bridgehead atoms. The maximum Gasteiger partial charge on any atom is 0.418 e. The molecule has 134 valence electrons. The van der Waals surface area contributed by atoms with Crippen molar-refractivity contribution in [3.05, 3.63) is 52.5 Å². The molecule has 2 aromatic rings. The van der Waals surface area contributed by atoms with E-state index >= 15 is 0 Å². The standard InChI is InChI=1S/C17H16BrF3N2O2/c1-23(2)12-5-8-15(14(9-12)17(19,20)21)22-16(24)10-25-13-6-3-11(18)4-7-13/h3-9H,10H2,1-2H3,(H,22,24). The summed E-state index contributed by atoms with van der Waals surface area (Å²) in [6.45, 7) is -0.394. The molecule has 1 amide bonds. The molecule has 0 saturated carbocycles. The van der Waals surface area contributed by atoms with Gasteiger partial charge in [-0.05, 0) is 42.5 Å². The number of benzene rings is 2. The molecule has 0 aliphatic carbocycles. The van der Waals surface area contributed by atoms with Crippen molar-refractivity contribution in [3.8, 4) is 5.75 Å². The SMILES string of the molecule is CN(C)c1ccc(NC(=O)COc2ccc(Br)cc2)c(C(F)(F)F)c1. The Labute approximate surface area is 151 Å². The second kappa shape index (κ2) is 7.77. The Kier molecular flexibility index (Phi) is 5.94. The molecule has 0 atom stereocenters. The first-order valence-corrected chi connectivity index (χ1v) is 8.03. The smallest absolute Gasteiger partial charge is 0.418 e. The molecule has 0 aromatic heterocycles. The lowest BCUT2D eigenvalue weighted by Gasteiger charge is -2.18. The minimum atomic E-state index is -4.58. The van der Waals surface area contributed by atoms with Gasteiger partial charge in [0.1, 0.15) is 5.75 Å². The average Bonchev–Trinajstić information content (AvgIpc) is 2.53. The molecule has 0 fully saturated rings. The number of alkyl halides is 3. The third kappa shape index (κ3) is 5.38. The van der Waals surface area contributed by atoms with Crippen LogP contribution in [-0.4, -0.2) is 26.6 Å². The van der Waals surface area contributed by atoms with E-state index in [1.54, 1.807) is 43.3 Å². The van der Waals surface area contributed by atoms with Crippen LogP contribution in [0.25, 0.3) is 0 Å². The van der Waals surface area contributed by atoms with E-state index in [0.29, 0.717) is 11.4 Å². The largest absolute Gasteiger partial charge is 0.484 e. The normalized spacial score (nSPS) is 11.1. The van der Waals surface area contributed by atoms with Crippen molar-refractivity contribution in [1.82, 2.24) is 0 Å². The second-order valence-electron chi connectivity index (χ2n) is 5.41. The molecule has 1 N–H and O–H groups in total. The molecule has 0 spiro atoms. The molecule has 0 unspecified atom stereocenters. The van der Waals surface area contributed by atoms with E-state index in [-0.39, 0.29) is 5.69 Å². The molecule has 25 heavy (non-hydrogen) atoms. The highest BCUT2D eigenvalue weighted by Gasteiger charge is 2.34. The molecule has 8 heteroatoms. The van der Waals surface area contributed by atoms with Crippen molar-refractivity contribution in [1.29, 1.82) is 0 Å². The van der Waals surface area contributed by atoms with E-state index in [1.807, 2.05) is 0 Å². The third-order valence-corrected chi connectivity index (χ3v) is 3.81. The number of rotatable bonds is 5. The Hall–Kier alpha value is -2.22. The van der Waals surface area contributed by atoms with Crippen molar-refractivity contribution in [3.63, 3.8) is 0 Å². The zero-order valence-corrected chi connectivity index (χ0v) is 15.1. The fraction of sp³-hybridized carbons (Fsp3) is 0.235. The molecule has 2 aromatic carbocycles. The fourth-order valence-corrected chi connectivity index (χ4v) is 2.28. The Morgan fingerprint density at radius 2 is 1.80 bits per heavy atom. The number of anilines is 2. The molecule has 0 aliphatic heterocycles. The Bertz CT molecular complexity index is 747. The van der Waals surface area contributed by atoms with Gasteiger partial charge in [-0.15, -0.1) is 0 Å². The number of ether oxygens (including phenoxy) is 1. The monoisotopic (exact) mass is 416 g/mol. The number of halogens is 4. The van der Waals surface area contributed by atoms with Crippen LogP contribution in [0.5, 0.6) is 5.75 Å². The highest BCUT2D eigenvalue weighted by Crippen LogP contribution is 2.37. The molecule has 4 nitrogen and oxygen atoms in total. The van der Waals surface area contributed by atoms with Gasteiger partial charge in [-0.3, -0.25) is 4.79 Å². The van der Waals surface area contributed by atoms with Crippen molar-refractivity contribution >= 4 is 33.2 Å². The highest BCUT2D eigenvalue weighted by molar-refractivity contribution is 9.10. The van der Waals surface area contributed by atoms with Gasteiger partial charge in [0, 0.05) is 24.3 Å². The first kappa shape index (κ1) is 19.1. The molecular formula is C17H16BrF3N2O2. The summed E-state index contributed by atoms with van der Waals surface area (Å²) < 4.78 is 45.8. The topological polar surface area (TPSA) is 41.6 Å². The number of amides is 1. The van der Waals surface area contributed by atoms with Gasteiger partial charge >= 0.3 is 6.18 Å². The van der Waals surface area contributed by atoms with Gasteiger partial charge in [0.2, 0.25) is 0 Å². The summed E-state index contributed by atoms with van der Waals surface area (Å²) in [4.78, 5) is 13.5. The van der Waals surface area contributed by atoms with Crippen LogP contribution >= 0.6 is 15.9 Å². The lowest BCUT2D eigenvalue weighted by molar-refractivity contribution is -0.137. The number of carbonyl (C=O) groups is 1. The summed E-state index contributed by atoms with van der Waals surface area (Å²) in [7, 11) is 3.28. The summed E-state index contributed by atoms with van der Waals surface area (Å²) in [6, 6.07) is 10.5. The average molecular weight is 417 g/mol. The minimum Gasteiger partial charge on any atom is -0.484 e. The number of nitrogens with zero attached hydrogens (tertiary/aromatic N) is 1.